The second-order valence-corrected chi connectivity index (χ2v) is 11.5. The van der Waals surface area contributed by atoms with E-state index in [0.29, 0.717) is 5.92 Å². The maximum atomic E-state index is 12.2. The van der Waals surface area contributed by atoms with Crippen molar-refractivity contribution in [2.75, 3.05) is 13.2 Å². The third-order valence-electron chi connectivity index (χ3n) is 9.79. The van der Waals surface area contributed by atoms with Crippen molar-refractivity contribution in [1.29, 1.82) is 0 Å². The van der Waals surface area contributed by atoms with Crippen molar-refractivity contribution in [3.05, 3.63) is 11.1 Å². The van der Waals surface area contributed by atoms with Crippen LogP contribution in [0.4, 0.5) is 0 Å². The summed E-state index contributed by atoms with van der Waals surface area (Å²) >= 11 is 0. The van der Waals surface area contributed by atoms with Gasteiger partial charge in [-0.2, -0.15) is 0 Å². The zero-order valence-corrected chi connectivity index (χ0v) is 18.9. The van der Waals surface area contributed by atoms with Crippen molar-refractivity contribution >= 4 is 0 Å². The van der Waals surface area contributed by atoms with Crippen molar-refractivity contribution in [3.8, 4) is 0 Å². The van der Waals surface area contributed by atoms with Gasteiger partial charge in [0.2, 0.25) is 0 Å². The lowest BCUT2D eigenvalue weighted by Gasteiger charge is -2.63. The number of rotatable bonds is 2. The maximum absolute atomic E-state index is 12.2. The van der Waals surface area contributed by atoms with Crippen molar-refractivity contribution in [1.82, 2.24) is 0 Å². The number of allylic oxidation sites excluding steroid dienone is 1. The molecule has 0 aromatic rings. The molecular formula is C24H38O6. The highest BCUT2D eigenvalue weighted by Crippen LogP contribution is 2.64. The Morgan fingerprint density at radius 2 is 1.90 bits per heavy atom. The minimum absolute atomic E-state index is 0.184. The van der Waals surface area contributed by atoms with Gasteiger partial charge in [0.15, 0.2) is 6.29 Å². The Hall–Kier alpha value is -0.500. The second-order valence-electron chi connectivity index (χ2n) is 11.5. The molecule has 0 radical (unpaired) electrons. The summed E-state index contributed by atoms with van der Waals surface area (Å²) in [6, 6.07) is 0. The molecule has 3 N–H and O–H groups in total. The zero-order chi connectivity index (χ0) is 21.6. The lowest BCUT2D eigenvalue weighted by atomic mass is 9.47. The van der Waals surface area contributed by atoms with Gasteiger partial charge >= 0.3 is 0 Å². The van der Waals surface area contributed by atoms with E-state index in [4.69, 9.17) is 14.2 Å². The van der Waals surface area contributed by atoms with E-state index in [0.717, 1.165) is 37.9 Å². The van der Waals surface area contributed by atoms with Gasteiger partial charge in [0.25, 0.3) is 0 Å². The Morgan fingerprint density at radius 3 is 2.53 bits per heavy atom. The number of ether oxygens (including phenoxy) is 3. The van der Waals surface area contributed by atoms with Gasteiger partial charge in [-0.05, 0) is 50.0 Å². The van der Waals surface area contributed by atoms with Crippen LogP contribution in [0.5, 0.6) is 0 Å². The van der Waals surface area contributed by atoms with E-state index in [1.54, 1.807) is 0 Å². The molecule has 170 valence electrons. The van der Waals surface area contributed by atoms with Crippen LogP contribution < -0.4 is 0 Å². The highest BCUT2D eigenvalue weighted by atomic mass is 16.7. The zero-order valence-electron chi connectivity index (χ0n) is 18.9. The number of fused-ring (bicyclic) bond motifs is 8. The van der Waals surface area contributed by atoms with Crippen molar-refractivity contribution in [2.24, 2.45) is 28.6 Å². The molecule has 9 unspecified atom stereocenters. The molecule has 6 heteroatoms. The van der Waals surface area contributed by atoms with Crippen molar-refractivity contribution in [3.63, 3.8) is 0 Å². The predicted molar refractivity (Wildman–Crippen MR) is 111 cm³/mol. The summed E-state index contributed by atoms with van der Waals surface area (Å²) in [4.78, 5) is 0. The van der Waals surface area contributed by atoms with Gasteiger partial charge < -0.3 is 29.5 Å². The molecule has 6 nitrogen and oxygen atoms in total. The molecule has 10 atom stereocenters. The van der Waals surface area contributed by atoms with Gasteiger partial charge in [-0.3, -0.25) is 0 Å². The van der Waals surface area contributed by atoms with Gasteiger partial charge in [0, 0.05) is 16.7 Å². The lowest BCUT2D eigenvalue weighted by molar-refractivity contribution is -0.238. The molecule has 0 aromatic carbocycles. The van der Waals surface area contributed by atoms with E-state index >= 15 is 0 Å². The van der Waals surface area contributed by atoms with Gasteiger partial charge in [0.1, 0.15) is 12.2 Å². The SMILES string of the molecule is CC1=C2C3OC(C(O)CO)OC3C3(C)CCC4OCC4C3CC(O)(C[C@@H]1C)C2(C)C. The van der Waals surface area contributed by atoms with E-state index in [2.05, 4.69) is 34.6 Å². The third-order valence-corrected chi connectivity index (χ3v) is 9.79. The van der Waals surface area contributed by atoms with Crippen LogP contribution in [0.3, 0.4) is 0 Å². The molecule has 0 spiro atoms. The van der Waals surface area contributed by atoms with Crippen LogP contribution in [0.2, 0.25) is 0 Å². The number of aliphatic hydroxyl groups excluding tert-OH is 2. The van der Waals surface area contributed by atoms with Gasteiger partial charge in [-0.1, -0.05) is 33.3 Å². The minimum atomic E-state index is -1.08. The largest absolute Gasteiger partial charge is 0.393 e. The Kier molecular flexibility index (Phi) is 4.81. The molecule has 4 fully saturated rings. The van der Waals surface area contributed by atoms with E-state index in [1.165, 1.54) is 5.57 Å². The maximum Gasteiger partial charge on any atom is 0.187 e. The molecule has 30 heavy (non-hydrogen) atoms. The summed E-state index contributed by atoms with van der Waals surface area (Å²) in [6.45, 7) is 11.3. The normalized spacial score (nSPS) is 53.0. The van der Waals surface area contributed by atoms with Crippen molar-refractivity contribution < 1.29 is 29.5 Å². The first-order valence-corrected chi connectivity index (χ1v) is 11.7. The summed E-state index contributed by atoms with van der Waals surface area (Å²) in [5.41, 5.74) is 0.926. The first-order chi connectivity index (χ1) is 14.0. The number of hydrogen-bond donors (Lipinski definition) is 3. The Morgan fingerprint density at radius 1 is 1.17 bits per heavy atom. The van der Waals surface area contributed by atoms with E-state index in [1.807, 2.05) is 0 Å². The molecule has 2 saturated heterocycles. The number of hydrogen-bond acceptors (Lipinski definition) is 6. The van der Waals surface area contributed by atoms with Crippen LogP contribution in [0.1, 0.15) is 60.3 Å². The predicted octanol–water partition coefficient (Wildman–Crippen LogP) is 2.40. The van der Waals surface area contributed by atoms with Crippen LogP contribution in [0.25, 0.3) is 0 Å². The quantitative estimate of drug-likeness (QED) is 0.593. The molecular weight excluding hydrogens is 384 g/mol. The van der Waals surface area contributed by atoms with Crippen LogP contribution >= 0.6 is 0 Å². The fraction of sp³-hybridized carbons (Fsp3) is 0.917. The highest BCUT2D eigenvalue weighted by molar-refractivity contribution is 5.37. The van der Waals surface area contributed by atoms with E-state index in [9.17, 15) is 15.3 Å². The molecule has 0 aromatic heterocycles. The summed E-state index contributed by atoms with van der Waals surface area (Å²) in [7, 11) is 0. The first kappa shape index (κ1) is 21.4. The van der Waals surface area contributed by atoms with Crippen LogP contribution in [-0.4, -0.2) is 64.8 Å². The molecule has 2 bridgehead atoms. The Balaban J connectivity index is 1.68. The summed E-state index contributed by atoms with van der Waals surface area (Å²) in [5, 5.41) is 32.1. The van der Waals surface area contributed by atoms with Gasteiger partial charge in [-0.15, -0.1) is 0 Å². The standard InChI is InChI=1S/C24H38O6/c1-12-8-24(27)9-15-14-11-28-17(14)6-7-23(15,5)20-19(18(13(12)2)22(24,3)4)29-21(30-20)16(26)10-25/h12,14-17,19-21,25-27H,6-11H2,1-5H3/t12-,14?,15?,16?,17?,19?,20?,21?,23?,24?/m0/s1. The lowest BCUT2D eigenvalue weighted by Crippen LogP contribution is -2.65. The monoisotopic (exact) mass is 422 g/mol. The average Bonchev–Trinajstić information content (AvgIpc) is 3.08. The molecule has 5 rings (SSSR count). The molecule has 2 heterocycles. The topological polar surface area (TPSA) is 88.4 Å². The van der Waals surface area contributed by atoms with Gasteiger partial charge in [-0.25, -0.2) is 0 Å². The third kappa shape index (κ3) is 2.64. The minimum Gasteiger partial charge on any atom is -0.393 e. The Labute approximate surface area is 179 Å². The number of aliphatic hydroxyl groups is 3. The summed E-state index contributed by atoms with van der Waals surface area (Å²) in [6.07, 6.45) is 1.25. The van der Waals surface area contributed by atoms with Crippen molar-refractivity contribution in [2.45, 2.75) is 96.6 Å². The highest BCUT2D eigenvalue weighted by Gasteiger charge is 2.66. The fourth-order valence-corrected chi connectivity index (χ4v) is 7.54. The average molecular weight is 423 g/mol. The molecule has 3 aliphatic carbocycles. The van der Waals surface area contributed by atoms with E-state index in [-0.39, 0.29) is 35.6 Å². The summed E-state index contributed by atoms with van der Waals surface area (Å²) in [5.74, 6) is 0.950. The first-order valence-electron chi connectivity index (χ1n) is 11.7. The van der Waals surface area contributed by atoms with Crippen LogP contribution in [0.15, 0.2) is 11.1 Å². The van der Waals surface area contributed by atoms with Crippen LogP contribution in [0, 0.1) is 28.6 Å². The Bertz CT molecular complexity index is 748. The van der Waals surface area contributed by atoms with Gasteiger partial charge in [0.05, 0.1) is 31.0 Å². The second kappa shape index (κ2) is 6.75. The van der Waals surface area contributed by atoms with Crippen LogP contribution in [-0.2, 0) is 14.2 Å². The molecule has 2 saturated carbocycles. The smallest absolute Gasteiger partial charge is 0.187 e. The molecule has 0 amide bonds. The molecule has 2 aliphatic heterocycles. The fourth-order valence-electron chi connectivity index (χ4n) is 7.54. The molecule has 5 aliphatic rings. The van der Waals surface area contributed by atoms with E-state index < -0.39 is 30.0 Å². The summed E-state index contributed by atoms with van der Waals surface area (Å²) < 4.78 is 18.7.